The molecule has 0 amide bonds. The van der Waals surface area contributed by atoms with E-state index in [4.69, 9.17) is 5.73 Å². The third-order valence-corrected chi connectivity index (χ3v) is 5.38. The van der Waals surface area contributed by atoms with Gasteiger partial charge in [-0.25, -0.2) is 0 Å². The van der Waals surface area contributed by atoms with Gasteiger partial charge in [0.2, 0.25) is 0 Å². The second-order valence-corrected chi connectivity index (χ2v) is 7.45. The molecule has 17 heavy (non-hydrogen) atoms. The summed E-state index contributed by atoms with van der Waals surface area (Å²) < 4.78 is 0.339. The van der Waals surface area contributed by atoms with Crippen molar-refractivity contribution in [2.45, 2.75) is 44.3 Å². The summed E-state index contributed by atoms with van der Waals surface area (Å²) in [7, 11) is 0. The minimum absolute atomic E-state index is 0.339. The van der Waals surface area contributed by atoms with Crippen LogP contribution in [0.1, 0.15) is 39.5 Å². The fraction of sp³-hybridized carbons (Fsp3) is 0.923. The monoisotopic (exact) mass is 255 g/mol. The average Bonchev–Trinajstić information content (AvgIpc) is 2.74. The van der Waals surface area contributed by atoms with Crippen LogP contribution in [0.5, 0.6) is 0 Å². The standard InChI is InChI=1S/C13H25N3S/c1-11-5-3-7-16(9-11)12(14)15-10-13(2)6-4-8-17-13/h11H,3-10H2,1-2H3,(H2,14,15). The summed E-state index contributed by atoms with van der Waals surface area (Å²) in [4.78, 5) is 6.90. The van der Waals surface area contributed by atoms with Gasteiger partial charge < -0.3 is 10.6 Å². The lowest BCUT2D eigenvalue weighted by atomic mass is 10.0. The van der Waals surface area contributed by atoms with E-state index in [1.807, 2.05) is 0 Å². The number of aliphatic imine (C=N–C) groups is 1. The van der Waals surface area contributed by atoms with Crippen LogP contribution in [0.15, 0.2) is 4.99 Å². The van der Waals surface area contributed by atoms with Crippen molar-refractivity contribution in [2.75, 3.05) is 25.4 Å². The van der Waals surface area contributed by atoms with Crippen molar-refractivity contribution >= 4 is 17.7 Å². The number of piperidine rings is 1. The quantitative estimate of drug-likeness (QED) is 0.608. The molecule has 2 saturated heterocycles. The number of rotatable bonds is 2. The molecule has 98 valence electrons. The van der Waals surface area contributed by atoms with Crippen LogP contribution in [0.25, 0.3) is 0 Å². The Labute approximate surface area is 109 Å². The molecule has 3 nitrogen and oxygen atoms in total. The van der Waals surface area contributed by atoms with Gasteiger partial charge in [-0.3, -0.25) is 4.99 Å². The number of nitrogens with two attached hydrogens (primary N) is 1. The molecule has 0 bridgehead atoms. The summed E-state index contributed by atoms with van der Waals surface area (Å²) in [5, 5.41) is 0. The van der Waals surface area contributed by atoms with E-state index in [0.717, 1.165) is 31.5 Å². The second-order valence-electron chi connectivity index (χ2n) is 5.77. The number of hydrogen-bond donors (Lipinski definition) is 1. The maximum absolute atomic E-state index is 6.11. The molecule has 2 aliphatic rings. The van der Waals surface area contributed by atoms with E-state index in [0.29, 0.717) is 4.75 Å². The lowest BCUT2D eigenvalue weighted by molar-refractivity contribution is 0.270. The highest BCUT2D eigenvalue weighted by Gasteiger charge is 2.29. The molecular weight excluding hydrogens is 230 g/mol. The smallest absolute Gasteiger partial charge is 0.191 e. The summed E-state index contributed by atoms with van der Waals surface area (Å²) in [6.45, 7) is 7.67. The van der Waals surface area contributed by atoms with E-state index in [-0.39, 0.29) is 0 Å². The molecule has 0 aromatic heterocycles. The fourth-order valence-electron chi connectivity index (χ4n) is 2.71. The molecule has 0 radical (unpaired) electrons. The number of likely N-dealkylation sites (tertiary alicyclic amines) is 1. The summed E-state index contributed by atoms with van der Waals surface area (Å²) >= 11 is 2.05. The highest BCUT2D eigenvalue weighted by molar-refractivity contribution is 8.00. The molecule has 2 atom stereocenters. The van der Waals surface area contributed by atoms with Crippen LogP contribution in [-0.2, 0) is 0 Å². The number of nitrogens with zero attached hydrogens (tertiary/aromatic N) is 2. The molecule has 2 unspecified atom stereocenters. The van der Waals surface area contributed by atoms with Crippen molar-refractivity contribution in [3.63, 3.8) is 0 Å². The molecule has 2 rings (SSSR count). The van der Waals surface area contributed by atoms with Gasteiger partial charge in [0.15, 0.2) is 5.96 Å². The van der Waals surface area contributed by atoms with Gasteiger partial charge in [0.1, 0.15) is 0 Å². The molecule has 0 aliphatic carbocycles. The van der Waals surface area contributed by atoms with E-state index in [2.05, 4.69) is 35.5 Å². The molecule has 2 heterocycles. The van der Waals surface area contributed by atoms with Crippen molar-refractivity contribution in [1.29, 1.82) is 0 Å². The van der Waals surface area contributed by atoms with Gasteiger partial charge in [0.05, 0.1) is 6.54 Å². The van der Waals surface area contributed by atoms with E-state index >= 15 is 0 Å². The minimum atomic E-state index is 0.339. The van der Waals surface area contributed by atoms with Crippen LogP contribution in [0.2, 0.25) is 0 Å². The first kappa shape index (κ1) is 13.1. The maximum Gasteiger partial charge on any atom is 0.191 e. The summed E-state index contributed by atoms with van der Waals surface area (Å²) in [6, 6.07) is 0. The molecule has 0 spiro atoms. The van der Waals surface area contributed by atoms with Crippen molar-refractivity contribution in [2.24, 2.45) is 16.6 Å². The Morgan fingerprint density at radius 2 is 2.35 bits per heavy atom. The van der Waals surface area contributed by atoms with Gasteiger partial charge in [-0.15, -0.1) is 0 Å². The lowest BCUT2D eigenvalue weighted by Gasteiger charge is -2.32. The van der Waals surface area contributed by atoms with Gasteiger partial charge >= 0.3 is 0 Å². The zero-order valence-corrected chi connectivity index (χ0v) is 11.9. The normalized spacial score (nSPS) is 35.3. The topological polar surface area (TPSA) is 41.6 Å². The molecule has 2 fully saturated rings. The van der Waals surface area contributed by atoms with Gasteiger partial charge in [-0.2, -0.15) is 11.8 Å². The van der Waals surface area contributed by atoms with E-state index in [1.54, 1.807) is 0 Å². The Kier molecular flexibility index (Phi) is 4.23. The molecule has 0 saturated carbocycles. The third kappa shape index (κ3) is 3.54. The summed E-state index contributed by atoms with van der Waals surface area (Å²) in [5.41, 5.74) is 6.11. The first-order valence-electron chi connectivity index (χ1n) is 6.78. The zero-order chi connectivity index (χ0) is 12.3. The van der Waals surface area contributed by atoms with Crippen LogP contribution in [0.3, 0.4) is 0 Å². The van der Waals surface area contributed by atoms with Gasteiger partial charge in [0.25, 0.3) is 0 Å². The maximum atomic E-state index is 6.11. The van der Waals surface area contributed by atoms with Crippen LogP contribution >= 0.6 is 11.8 Å². The lowest BCUT2D eigenvalue weighted by Crippen LogP contribution is -2.44. The van der Waals surface area contributed by atoms with Crippen LogP contribution in [0, 0.1) is 5.92 Å². The predicted molar refractivity (Wildman–Crippen MR) is 76.6 cm³/mol. The van der Waals surface area contributed by atoms with Gasteiger partial charge in [-0.1, -0.05) is 6.92 Å². The summed E-state index contributed by atoms with van der Waals surface area (Å²) in [6.07, 6.45) is 5.20. The first-order valence-corrected chi connectivity index (χ1v) is 7.76. The molecule has 4 heteroatoms. The Hall–Kier alpha value is -0.380. The molecule has 0 aromatic rings. The second kappa shape index (κ2) is 5.51. The van der Waals surface area contributed by atoms with E-state index in [9.17, 15) is 0 Å². The third-order valence-electron chi connectivity index (χ3n) is 3.86. The minimum Gasteiger partial charge on any atom is -0.370 e. The Morgan fingerprint density at radius 1 is 1.53 bits per heavy atom. The highest BCUT2D eigenvalue weighted by atomic mass is 32.2. The molecule has 2 N–H and O–H groups in total. The number of thioether (sulfide) groups is 1. The highest BCUT2D eigenvalue weighted by Crippen LogP contribution is 2.37. The average molecular weight is 255 g/mol. The Morgan fingerprint density at radius 3 is 3.00 bits per heavy atom. The largest absolute Gasteiger partial charge is 0.370 e. The van der Waals surface area contributed by atoms with Crippen molar-refractivity contribution in [1.82, 2.24) is 4.90 Å². The van der Waals surface area contributed by atoms with Crippen molar-refractivity contribution < 1.29 is 0 Å². The molecule has 2 aliphatic heterocycles. The van der Waals surface area contributed by atoms with Crippen LogP contribution in [-0.4, -0.2) is 41.0 Å². The number of guanidine groups is 1. The Balaban J connectivity index is 1.87. The Bertz CT molecular complexity index is 284. The van der Waals surface area contributed by atoms with Crippen molar-refractivity contribution in [3.8, 4) is 0 Å². The zero-order valence-electron chi connectivity index (χ0n) is 11.1. The summed E-state index contributed by atoms with van der Waals surface area (Å²) in [5.74, 6) is 2.81. The first-order chi connectivity index (χ1) is 8.09. The predicted octanol–water partition coefficient (Wildman–Crippen LogP) is 2.32. The van der Waals surface area contributed by atoms with Gasteiger partial charge in [-0.05, 0) is 44.3 Å². The fourth-order valence-corrected chi connectivity index (χ4v) is 3.93. The van der Waals surface area contributed by atoms with E-state index in [1.165, 1.54) is 31.4 Å². The molecular formula is C13H25N3S. The van der Waals surface area contributed by atoms with E-state index < -0.39 is 0 Å². The van der Waals surface area contributed by atoms with Crippen molar-refractivity contribution in [3.05, 3.63) is 0 Å². The number of hydrogen-bond acceptors (Lipinski definition) is 2. The van der Waals surface area contributed by atoms with Gasteiger partial charge in [0, 0.05) is 17.8 Å². The molecule has 0 aromatic carbocycles. The van der Waals surface area contributed by atoms with Crippen LogP contribution in [0.4, 0.5) is 0 Å². The SMILES string of the molecule is CC1CCCN(C(N)=NCC2(C)CCCS2)C1. The van der Waals surface area contributed by atoms with Crippen LogP contribution < -0.4 is 5.73 Å².